The molecule has 150 valence electrons. The molecule has 0 aliphatic heterocycles. The summed E-state index contributed by atoms with van der Waals surface area (Å²) in [6, 6.07) is 19.1. The lowest BCUT2D eigenvalue weighted by molar-refractivity contribution is -0.116. The highest BCUT2D eigenvalue weighted by Gasteiger charge is 2.24. The van der Waals surface area contributed by atoms with Gasteiger partial charge in [0.25, 0.3) is 0 Å². The van der Waals surface area contributed by atoms with E-state index in [-0.39, 0.29) is 5.91 Å². The van der Waals surface area contributed by atoms with Crippen molar-refractivity contribution in [2.24, 2.45) is 0 Å². The van der Waals surface area contributed by atoms with Crippen molar-refractivity contribution < 1.29 is 19.1 Å². The molecule has 0 aliphatic rings. The number of hydrogen-bond acceptors (Lipinski definition) is 5. The van der Waals surface area contributed by atoms with E-state index in [1.54, 1.807) is 0 Å². The van der Waals surface area contributed by atoms with Gasteiger partial charge in [0.1, 0.15) is 16.3 Å². The zero-order chi connectivity index (χ0) is 20.6. The van der Waals surface area contributed by atoms with Crippen molar-refractivity contribution in [1.29, 1.82) is 0 Å². The summed E-state index contributed by atoms with van der Waals surface area (Å²) in [6.45, 7) is 2.38. The largest absolute Gasteiger partial charge is 0.494 e. The summed E-state index contributed by atoms with van der Waals surface area (Å²) < 4.78 is 10.6. The average molecular weight is 410 g/mol. The van der Waals surface area contributed by atoms with E-state index in [1.807, 2.05) is 67.6 Å². The molecule has 0 aliphatic carbocycles. The molecule has 1 heterocycles. The number of carbonyl (C=O) groups is 2. The maximum Gasteiger partial charge on any atom is 0.341 e. The van der Waals surface area contributed by atoms with Gasteiger partial charge in [0.05, 0.1) is 13.7 Å². The molecule has 0 saturated carbocycles. The van der Waals surface area contributed by atoms with Gasteiger partial charge in [-0.1, -0.05) is 48.5 Å². The highest BCUT2D eigenvalue weighted by molar-refractivity contribution is 7.17. The van der Waals surface area contributed by atoms with E-state index in [2.05, 4.69) is 5.32 Å². The SMILES string of the molecule is COC(=O)c1c(NC(=O)CCCOc2ccccc2)sc(C)c1-c1ccccc1. The number of aryl methyl sites for hydroxylation is 1. The number of ether oxygens (including phenoxy) is 2. The molecule has 3 aromatic rings. The van der Waals surface area contributed by atoms with E-state index in [9.17, 15) is 9.59 Å². The van der Waals surface area contributed by atoms with Gasteiger partial charge in [0, 0.05) is 16.9 Å². The maximum atomic E-state index is 12.5. The Morgan fingerprint density at radius 1 is 1.00 bits per heavy atom. The first-order valence-corrected chi connectivity index (χ1v) is 10.2. The number of para-hydroxylation sites is 1. The smallest absolute Gasteiger partial charge is 0.341 e. The topological polar surface area (TPSA) is 64.6 Å². The van der Waals surface area contributed by atoms with Crippen LogP contribution < -0.4 is 10.1 Å². The summed E-state index contributed by atoms with van der Waals surface area (Å²) in [5.41, 5.74) is 2.11. The Kier molecular flexibility index (Phi) is 7.03. The summed E-state index contributed by atoms with van der Waals surface area (Å²) in [5.74, 6) is 0.158. The van der Waals surface area contributed by atoms with Gasteiger partial charge in [-0.05, 0) is 31.0 Å². The van der Waals surface area contributed by atoms with Crippen LogP contribution in [0.15, 0.2) is 60.7 Å². The predicted octanol–water partition coefficient (Wildman–Crippen LogP) is 5.31. The predicted molar refractivity (Wildman–Crippen MR) is 116 cm³/mol. The van der Waals surface area contributed by atoms with Crippen molar-refractivity contribution in [2.75, 3.05) is 19.0 Å². The lowest BCUT2D eigenvalue weighted by Crippen LogP contribution is -2.14. The summed E-state index contributed by atoms with van der Waals surface area (Å²) in [4.78, 5) is 25.8. The fraction of sp³-hybridized carbons (Fsp3) is 0.217. The van der Waals surface area contributed by atoms with Crippen LogP contribution >= 0.6 is 11.3 Å². The molecular formula is C23H23NO4S. The fourth-order valence-corrected chi connectivity index (χ4v) is 4.09. The molecule has 0 atom stereocenters. The highest BCUT2D eigenvalue weighted by Crippen LogP contribution is 2.40. The molecule has 1 aromatic heterocycles. The van der Waals surface area contributed by atoms with Gasteiger partial charge in [-0.3, -0.25) is 4.79 Å². The van der Waals surface area contributed by atoms with Crippen LogP contribution in [-0.4, -0.2) is 25.6 Å². The number of carbonyl (C=O) groups excluding carboxylic acids is 2. The van der Waals surface area contributed by atoms with E-state index in [4.69, 9.17) is 9.47 Å². The zero-order valence-corrected chi connectivity index (χ0v) is 17.3. The molecule has 2 aromatic carbocycles. The molecule has 0 saturated heterocycles. The number of nitrogens with one attached hydrogen (secondary N) is 1. The van der Waals surface area contributed by atoms with Crippen LogP contribution in [0.25, 0.3) is 11.1 Å². The standard InChI is InChI=1S/C23H23NO4S/c1-16-20(17-10-5-3-6-11-17)21(23(26)27-2)22(29-16)24-19(25)14-9-15-28-18-12-7-4-8-13-18/h3-8,10-13H,9,14-15H2,1-2H3,(H,24,25). The first-order chi connectivity index (χ1) is 14.1. The average Bonchev–Trinajstić information content (AvgIpc) is 3.07. The van der Waals surface area contributed by atoms with Crippen LogP contribution in [0.4, 0.5) is 5.00 Å². The molecule has 29 heavy (non-hydrogen) atoms. The Morgan fingerprint density at radius 3 is 2.31 bits per heavy atom. The van der Waals surface area contributed by atoms with Gasteiger partial charge in [-0.25, -0.2) is 4.79 Å². The summed E-state index contributed by atoms with van der Waals surface area (Å²) in [6.07, 6.45) is 0.870. The zero-order valence-electron chi connectivity index (χ0n) is 16.4. The molecule has 1 N–H and O–H groups in total. The second-order valence-corrected chi connectivity index (χ2v) is 7.63. The molecule has 5 nitrogen and oxygen atoms in total. The molecule has 1 amide bonds. The van der Waals surface area contributed by atoms with E-state index in [0.717, 1.165) is 21.8 Å². The molecule has 0 radical (unpaired) electrons. The Bertz CT molecular complexity index is 967. The second-order valence-electron chi connectivity index (χ2n) is 6.41. The molecule has 0 spiro atoms. The van der Waals surface area contributed by atoms with Gasteiger partial charge in [0.2, 0.25) is 5.91 Å². The molecule has 0 bridgehead atoms. The second kappa shape index (κ2) is 9.89. The monoisotopic (exact) mass is 409 g/mol. The van der Waals surface area contributed by atoms with Crippen LogP contribution in [0.5, 0.6) is 5.75 Å². The molecule has 6 heteroatoms. The number of hydrogen-bond donors (Lipinski definition) is 1. The third-order valence-corrected chi connectivity index (χ3v) is 5.37. The van der Waals surface area contributed by atoms with Crippen molar-refractivity contribution in [1.82, 2.24) is 0 Å². The number of amides is 1. The van der Waals surface area contributed by atoms with E-state index in [0.29, 0.717) is 30.0 Å². The number of rotatable bonds is 8. The van der Waals surface area contributed by atoms with Crippen LogP contribution in [0.1, 0.15) is 28.1 Å². The summed E-state index contributed by atoms with van der Waals surface area (Å²) in [5, 5.41) is 3.39. The van der Waals surface area contributed by atoms with Gasteiger partial charge >= 0.3 is 5.97 Å². The lowest BCUT2D eigenvalue weighted by Gasteiger charge is -2.09. The third kappa shape index (κ3) is 5.23. The van der Waals surface area contributed by atoms with Crippen molar-refractivity contribution in [2.45, 2.75) is 19.8 Å². The van der Waals surface area contributed by atoms with E-state index in [1.165, 1.54) is 18.4 Å². The number of esters is 1. The number of benzene rings is 2. The molecular weight excluding hydrogens is 386 g/mol. The lowest BCUT2D eigenvalue weighted by atomic mass is 10.0. The Hall–Kier alpha value is -3.12. The molecule has 0 unspecified atom stereocenters. The highest BCUT2D eigenvalue weighted by atomic mass is 32.1. The van der Waals surface area contributed by atoms with Crippen molar-refractivity contribution in [3.8, 4) is 16.9 Å². The third-order valence-electron chi connectivity index (χ3n) is 4.35. The first-order valence-electron chi connectivity index (χ1n) is 9.35. The van der Waals surface area contributed by atoms with Crippen LogP contribution in [-0.2, 0) is 9.53 Å². The summed E-state index contributed by atoms with van der Waals surface area (Å²) >= 11 is 1.38. The Balaban J connectivity index is 1.68. The van der Waals surface area contributed by atoms with Gasteiger partial charge < -0.3 is 14.8 Å². The normalized spacial score (nSPS) is 10.4. The van der Waals surface area contributed by atoms with Crippen LogP contribution in [0.2, 0.25) is 0 Å². The fourth-order valence-electron chi connectivity index (χ4n) is 3.01. The van der Waals surface area contributed by atoms with E-state index >= 15 is 0 Å². The molecule has 0 fully saturated rings. The minimum Gasteiger partial charge on any atom is -0.494 e. The minimum absolute atomic E-state index is 0.160. The first kappa shape index (κ1) is 20.6. The summed E-state index contributed by atoms with van der Waals surface area (Å²) in [7, 11) is 1.34. The van der Waals surface area contributed by atoms with Crippen LogP contribution in [0, 0.1) is 6.92 Å². The maximum absolute atomic E-state index is 12.5. The van der Waals surface area contributed by atoms with Crippen molar-refractivity contribution in [3.05, 3.63) is 71.1 Å². The Labute approximate surface area is 174 Å². The van der Waals surface area contributed by atoms with Crippen molar-refractivity contribution in [3.63, 3.8) is 0 Å². The number of methoxy groups -OCH3 is 1. The van der Waals surface area contributed by atoms with Gasteiger partial charge in [-0.15, -0.1) is 11.3 Å². The Morgan fingerprint density at radius 2 is 1.66 bits per heavy atom. The van der Waals surface area contributed by atoms with Gasteiger partial charge in [0.15, 0.2) is 0 Å². The van der Waals surface area contributed by atoms with E-state index < -0.39 is 5.97 Å². The number of anilines is 1. The minimum atomic E-state index is -0.462. The quantitative estimate of drug-likeness (QED) is 0.405. The molecule has 3 rings (SSSR count). The number of thiophene rings is 1. The van der Waals surface area contributed by atoms with Gasteiger partial charge in [-0.2, -0.15) is 0 Å². The van der Waals surface area contributed by atoms with Crippen LogP contribution in [0.3, 0.4) is 0 Å². The van der Waals surface area contributed by atoms with Crippen molar-refractivity contribution >= 4 is 28.2 Å².